The summed E-state index contributed by atoms with van der Waals surface area (Å²) >= 11 is 0. The van der Waals surface area contributed by atoms with Gasteiger partial charge in [-0.15, -0.1) is 0 Å². The molecular formula is C12H19N5O2. The fraction of sp³-hybridized carbons (Fsp3) is 0.583. The van der Waals surface area contributed by atoms with Crippen LogP contribution in [-0.4, -0.2) is 33.0 Å². The Balaban J connectivity index is 1.89. The summed E-state index contributed by atoms with van der Waals surface area (Å²) in [5.41, 5.74) is 4.82. The first kappa shape index (κ1) is 13.4. The Kier molecular flexibility index (Phi) is 3.73. The topological polar surface area (TPSA) is 106 Å². The molecule has 1 aliphatic carbocycles. The fourth-order valence-corrected chi connectivity index (χ4v) is 2.32. The van der Waals surface area contributed by atoms with E-state index in [4.69, 9.17) is 10.9 Å². The van der Waals surface area contributed by atoms with Crippen molar-refractivity contribution in [2.24, 2.45) is 23.4 Å². The van der Waals surface area contributed by atoms with Crippen LogP contribution < -0.4 is 11.1 Å². The van der Waals surface area contributed by atoms with E-state index in [-0.39, 0.29) is 11.7 Å². The van der Waals surface area contributed by atoms with Crippen molar-refractivity contribution in [3.63, 3.8) is 0 Å². The second-order valence-corrected chi connectivity index (χ2v) is 4.88. The first-order chi connectivity index (χ1) is 9.10. The van der Waals surface area contributed by atoms with E-state index in [0.717, 1.165) is 12.2 Å². The molecule has 0 spiro atoms. The largest absolute Gasteiger partial charge is 0.409 e. The van der Waals surface area contributed by atoms with Gasteiger partial charge in [-0.25, -0.2) is 4.98 Å². The Hall–Kier alpha value is -2.05. The minimum Gasteiger partial charge on any atom is -0.409 e. The molecule has 1 aromatic heterocycles. The van der Waals surface area contributed by atoms with E-state index in [9.17, 15) is 4.79 Å². The highest BCUT2D eigenvalue weighted by Crippen LogP contribution is 2.41. The molecule has 0 aromatic carbocycles. The number of hydrogen-bond acceptors (Lipinski definition) is 4. The number of amidine groups is 1. The molecule has 2 rings (SSSR count). The molecular weight excluding hydrogens is 246 g/mol. The van der Waals surface area contributed by atoms with Crippen LogP contribution in [0.4, 0.5) is 0 Å². The van der Waals surface area contributed by atoms with Crippen LogP contribution in [0.25, 0.3) is 0 Å². The maximum absolute atomic E-state index is 12.2. The molecule has 7 heteroatoms. The zero-order chi connectivity index (χ0) is 13.9. The van der Waals surface area contributed by atoms with E-state index in [1.807, 2.05) is 17.8 Å². The standard InChI is InChI=1S/C12H19N5O2/c1-17-8-7-14-9(17)3-6-15-11(18)12(4-2-5-12)10(13)16-19/h7-8,19H,2-6H2,1H3,(H2,13,16)(H,15,18). The Morgan fingerprint density at radius 2 is 2.42 bits per heavy atom. The zero-order valence-electron chi connectivity index (χ0n) is 11.0. The highest BCUT2D eigenvalue weighted by molar-refractivity contribution is 6.07. The van der Waals surface area contributed by atoms with Crippen molar-refractivity contribution in [1.82, 2.24) is 14.9 Å². The number of amides is 1. The molecule has 1 saturated carbocycles. The smallest absolute Gasteiger partial charge is 0.233 e. The number of carbonyl (C=O) groups excluding carboxylic acids is 1. The van der Waals surface area contributed by atoms with E-state index in [1.54, 1.807) is 6.20 Å². The second-order valence-electron chi connectivity index (χ2n) is 4.88. The number of oxime groups is 1. The van der Waals surface area contributed by atoms with Crippen molar-refractivity contribution in [2.45, 2.75) is 25.7 Å². The van der Waals surface area contributed by atoms with Crippen LogP contribution >= 0.6 is 0 Å². The molecule has 1 heterocycles. The van der Waals surface area contributed by atoms with Gasteiger partial charge in [0.15, 0.2) is 5.84 Å². The van der Waals surface area contributed by atoms with Crippen LogP contribution in [0.5, 0.6) is 0 Å². The number of imidazole rings is 1. The number of nitrogens with one attached hydrogen (secondary N) is 1. The average molecular weight is 265 g/mol. The third kappa shape index (κ3) is 2.40. The van der Waals surface area contributed by atoms with Crippen molar-refractivity contribution in [2.75, 3.05) is 6.54 Å². The summed E-state index contributed by atoms with van der Waals surface area (Å²) in [6, 6.07) is 0. The van der Waals surface area contributed by atoms with Gasteiger partial charge in [-0.05, 0) is 12.8 Å². The summed E-state index contributed by atoms with van der Waals surface area (Å²) in [6.07, 6.45) is 6.43. The van der Waals surface area contributed by atoms with Gasteiger partial charge in [0.25, 0.3) is 0 Å². The lowest BCUT2D eigenvalue weighted by molar-refractivity contribution is -0.131. The molecule has 0 unspecified atom stereocenters. The maximum Gasteiger partial charge on any atom is 0.233 e. The van der Waals surface area contributed by atoms with Crippen molar-refractivity contribution in [3.8, 4) is 0 Å². The molecule has 0 radical (unpaired) electrons. The molecule has 104 valence electrons. The minimum absolute atomic E-state index is 0.00763. The van der Waals surface area contributed by atoms with Crippen molar-refractivity contribution < 1.29 is 10.0 Å². The molecule has 7 nitrogen and oxygen atoms in total. The Bertz CT molecular complexity index is 490. The van der Waals surface area contributed by atoms with E-state index >= 15 is 0 Å². The second kappa shape index (κ2) is 5.29. The van der Waals surface area contributed by atoms with E-state index in [2.05, 4.69) is 15.5 Å². The van der Waals surface area contributed by atoms with Crippen LogP contribution in [0.2, 0.25) is 0 Å². The van der Waals surface area contributed by atoms with Crippen LogP contribution in [0, 0.1) is 5.41 Å². The van der Waals surface area contributed by atoms with E-state index < -0.39 is 5.41 Å². The van der Waals surface area contributed by atoms with Gasteiger partial charge in [0.1, 0.15) is 11.2 Å². The third-order valence-electron chi connectivity index (χ3n) is 3.79. The first-order valence-corrected chi connectivity index (χ1v) is 6.32. The summed E-state index contributed by atoms with van der Waals surface area (Å²) in [5.74, 6) is 0.753. The van der Waals surface area contributed by atoms with Gasteiger partial charge in [0.05, 0.1) is 0 Å². The minimum atomic E-state index is -0.809. The van der Waals surface area contributed by atoms with Gasteiger partial charge in [-0.3, -0.25) is 4.79 Å². The third-order valence-corrected chi connectivity index (χ3v) is 3.79. The molecule has 0 aliphatic heterocycles. The Labute approximate surface area is 111 Å². The monoisotopic (exact) mass is 265 g/mol. The fourth-order valence-electron chi connectivity index (χ4n) is 2.32. The van der Waals surface area contributed by atoms with Gasteiger partial charge in [0, 0.05) is 32.4 Å². The van der Waals surface area contributed by atoms with Gasteiger partial charge >= 0.3 is 0 Å². The molecule has 19 heavy (non-hydrogen) atoms. The normalized spacial score (nSPS) is 17.8. The van der Waals surface area contributed by atoms with Crippen LogP contribution in [0.1, 0.15) is 25.1 Å². The molecule has 1 fully saturated rings. The number of aryl methyl sites for hydroxylation is 1. The predicted octanol–water partition coefficient (Wildman–Crippen LogP) is -0.00450. The SMILES string of the molecule is Cn1ccnc1CCNC(=O)C1(/C(N)=N/O)CCC1. The van der Waals surface area contributed by atoms with Gasteiger partial charge in [-0.1, -0.05) is 11.6 Å². The quantitative estimate of drug-likeness (QED) is 0.301. The number of aromatic nitrogens is 2. The van der Waals surface area contributed by atoms with Gasteiger partial charge in [0.2, 0.25) is 5.91 Å². The summed E-state index contributed by atoms with van der Waals surface area (Å²) < 4.78 is 1.91. The van der Waals surface area contributed by atoms with Crippen molar-refractivity contribution in [3.05, 3.63) is 18.2 Å². The molecule has 0 bridgehead atoms. The highest BCUT2D eigenvalue weighted by Gasteiger charge is 2.48. The van der Waals surface area contributed by atoms with Crippen LogP contribution in [-0.2, 0) is 18.3 Å². The number of carbonyl (C=O) groups is 1. The number of nitrogens with zero attached hydrogens (tertiary/aromatic N) is 3. The summed E-state index contributed by atoms with van der Waals surface area (Å²) in [5, 5.41) is 14.6. The Morgan fingerprint density at radius 1 is 1.68 bits per heavy atom. The summed E-state index contributed by atoms with van der Waals surface area (Å²) in [6.45, 7) is 0.490. The van der Waals surface area contributed by atoms with Crippen molar-refractivity contribution in [1.29, 1.82) is 0 Å². The van der Waals surface area contributed by atoms with E-state index in [1.165, 1.54) is 0 Å². The number of hydrogen-bond donors (Lipinski definition) is 3. The van der Waals surface area contributed by atoms with Gasteiger partial charge < -0.3 is 20.8 Å². The molecule has 0 atom stereocenters. The van der Waals surface area contributed by atoms with Crippen LogP contribution in [0.3, 0.4) is 0 Å². The lowest BCUT2D eigenvalue weighted by Crippen LogP contribution is -2.54. The summed E-state index contributed by atoms with van der Waals surface area (Å²) in [7, 11) is 1.91. The molecule has 1 aromatic rings. The van der Waals surface area contributed by atoms with Gasteiger partial charge in [-0.2, -0.15) is 0 Å². The average Bonchev–Trinajstić information content (AvgIpc) is 2.73. The zero-order valence-corrected chi connectivity index (χ0v) is 11.0. The summed E-state index contributed by atoms with van der Waals surface area (Å²) in [4.78, 5) is 16.3. The first-order valence-electron chi connectivity index (χ1n) is 6.32. The lowest BCUT2D eigenvalue weighted by atomic mass is 9.67. The Morgan fingerprint density at radius 3 is 2.89 bits per heavy atom. The number of rotatable bonds is 5. The maximum atomic E-state index is 12.2. The van der Waals surface area contributed by atoms with E-state index in [0.29, 0.717) is 25.8 Å². The molecule has 1 aliphatic rings. The highest BCUT2D eigenvalue weighted by atomic mass is 16.4. The van der Waals surface area contributed by atoms with Crippen molar-refractivity contribution >= 4 is 11.7 Å². The molecule has 0 saturated heterocycles. The van der Waals surface area contributed by atoms with Crippen LogP contribution in [0.15, 0.2) is 17.5 Å². The predicted molar refractivity (Wildman–Crippen MR) is 69.6 cm³/mol. The lowest BCUT2D eigenvalue weighted by Gasteiger charge is -2.38. The molecule has 1 amide bonds. The number of nitrogens with two attached hydrogens (primary N) is 1. The molecule has 4 N–H and O–H groups in total.